The molecule has 1 aliphatic rings. The van der Waals surface area contributed by atoms with Crippen molar-refractivity contribution in [1.82, 2.24) is 4.90 Å². The Hall–Kier alpha value is -3.87. The number of hydrogen-bond donors (Lipinski definition) is 1. The highest BCUT2D eigenvalue weighted by atomic mass is 19.1. The van der Waals surface area contributed by atoms with E-state index in [1.54, 1.807) is 12.1 Å². The lowest BCUT2D eigenvalue weighted by atomic mass is 9.93. The second-order valence-corrected chi connectivity index (χ2v) is 8.18. The monoisotopic (exact) mass is 449 g/mol. The number of hydrogen-bond acceptors (Lipinski definition) is 5. The summed E-state index contributed by atoms with van der Waals surface area (Å²) >= 11 is 0. The minimum absolute atomic E-state index is 0.00523. The summed E-state index contributed by atoms with van der Waals surface area (Å²) in [7, 11) is 1.33. The Bertz CT molecular complexity index is 1210. The Balaban J connectivity index is 1.85. The van der Waals surface area contributed by atoms with Crippen LogP contribution in [-0.2, 0) is 16.1 Å². The molecule has 2 heterocycles. The van der Waals surface area contributed by atoms with E-state index >= 15 is 0 Å². The van der Waals surface area contributed by atoms with Crippen LogP contribution in [0.25, 0.3) is 5.76 Å². The first-order chi connectivity index (χ1) is 15.8. The van der Waals surface area contributed by atoms with Gasteiger partial charge in [0.15, 0.2) is 11.6 Å². The Labute approximate surface area is 190 Å². The summed E-state index contributed by atoms with van der Waals surface area (Å²) in [4.78, 5) is 27.4. The lowest BCUT2D eigenvalue weighted by Gasteiger charge is -2.25. The molecule has 0 aliphatic carbocycles. The average molecular weight is 449 g/mol. The van der Waals surface area contributed by atoms with Gasteiger partial charge >= 0.3 is 0 Å². The van der Waals surface area contributed by atoms with E-state index in [-0.39, 0.29) is 23.4 Å². The number of carbonyl (C=O) groups excluding carboxylic acids is 2. The summed E-state index contributed by atoms with van der Waals surface area (Å²) in [5.74, 6) is -1.94. The quantitative estimate of drug-likeness (QED) is 0.319. The smallest absolute Gasteiger partial charge is 0.296 e. The van der Waals surface area contributed by atoms with Crippen molar-refractivity contribution in [1.29, 1.82) is 0 Å². The minimum atomic E-state index is -0.860. The number of furan rings is 1. The molecule has 33 heavy (non-hydrogen) atoms. The van der Waals surface area contributed by atoms with Gasteiger partial charge in [0, 0.05) is 5.56 Å². The normalized spacial score (nSPS) is 17.7. The van der Waals surface area contributed by atoms with Crippen molar-refractivity contribution in [3.05, 3.63) is 94.7 Å². The van der Waals surface area contributed by atoms with Crippen LogP contribution in [0, 0.1) is 5.82 Å². The second-order valence-electron chi connectivity index (χ2n) is 8.18. The number of carbonyl (C=O) groups is 2. The topological polar surface area (TPSA) is 80.0 Å². The number of aliphatic hydroxyl groups excluding tert-OH is 1. The summed E-state index contributed by atoms with van der Waals surface area (Å²) in [6.45, 7) is 4.17. The maximum Gasteiger partial charge on any atom is 0.296 e. The molecule has 0 spiro atoms. The minimum Gasteiger partial charge on any atom is -0.507 e. The van der Waals surface area contributed by atoms with Crippen LogP contribution in [-0.4, -0.2) is 28.8 Å². The molecule has 1 saturated heterocycles. The highest BCUT2D eigenvalue weighted by Gasteiger charge is 2.46. The number of ether oxygens (including phenoxy) is 1. The standard InChI is InChI=1S/C26H24FNO5/c1-15(2)16-6-8-17(9-7-16)23-22(24(29)18-10-11-21(32-3)20(27)13-18)25(30)26(31)28(23)14-19-5-4-12-33-19/h4-13,15,23,29H,14H2,1-3H3/t23-/m0/s1. The Morgan fingerprint density at radius 2 is 1.88 bits per heavy atom. The molecule has 0 bridgehead atoms. The Morgan fingerprint density at radius 3 is 2.45 bits per heavy atom. The van der Waals surface area contributed by atoms with Crippen molar-refractivity contribution in [3.63, 3.8) is 0 Å². The molecule has 0 radical (unpaired) electrons. The zero-order valence-electron chi connectivity index (χ0n) is 18.5. The molecule has 1 atom stereocenters. The van der Waals surface area contributed by atoms with Gasteiger partial charge in [-0.05, 0) is 47.4 Å². The van der Waals surface area contributed by atoms with Crippen molar-refractivity contribution in [2.45, 2.75) is 32.4 Å². The maximum absolute atomic E-state index is 14.3. The van der Waals surface area contributed by atoms with E-state index in [1.807, 2.05) is 24.3 Å². The molecule has 4 rings (SSSR count). The predicted octanol–water partition coefficient (Wildman–Crippen LogP) is 5.17. The molecule has 0 unspecified atom stereocenters. The molecule has 7 heteroatoms. The second kappa shape index (κ2) is 8.94. The van der Waals surface area contributed by atoms with Gasteiger partial charge < -0.3 is 19.2 Å². The number of rotatable bonds is 6. The van der Waals surface area contributed by atoms with Crippen LogP contribution >= 0.6 is 0 Å². The predicted molar refractivity (Wildman–Crippen MR) is 120 cm³/mol. The first-order valence-electron chi connectivity index (χ1n) is 10.6. The van der Waals surface area contributed by atoms with Crippen LogP contribution in [0.15, 0.2) is 70.9 Å². The van der Waals surface area contributed by atoms with Gasteiger partial charge in [-0.1, -0.05) is 38.1 Å². The van der Waals surface area contributed by atoms with Crippen molar-refractivity contribution in [2.24, 2.45) is 0 Å². The molecule has 2 aromatic carbocycles. The first-order valence-corrected chi connectivity index (χ1v) is 10.6. The number of Topliss-reactive ketones (excluding diaryl/α,β-unsaturated/α-hetero) is 1. The van der Waals surface area contributed by atoms with Crippen LogP contribution in [0.1, 0.15) is 48.3 Å². The molecule has 1 N–H and O–H groups in total. The van der Waals surface area contributed by atoms with Crippen LogP contribution in [0.2, 0.25) is 0 Å². The summed E-state index contributed by atoms with van der Waals surface area (Å²) < 4.78 is 24.6. The number of methoxy groups -OCH3 is 1. The van der Waals surface area contributed by atoms with Crippen molar-refractivity contribution >= 4 is 17.4 Å². The number of nitrogens with zero attached hydrogens (tertiary/aromatic N) is 1. The fourth-order valence-electron chi connectivity index (χ4n) is 3.99. The van der Waals surface area contributed by atoms with E-state index in [2.05, 4.69) is 13.8 Å². The van der Waals surface area contributed by atoms with E-state index < -0.39 is 29.3 Å². The zero-order chi connectivity index (χ0) is 23.7. The first kappa shape index (κ1) is 22.3. The number of benzene rings is 2. The van der Waals surface area contributed by atoms with Crippen molar-refractivity contribution in [2.75, 3.05) is 7.11 Å². The van der Waals surface area contributed by atoms with Gasteiger partial charge in [0.05, 0.1) is 31.5 Å². The third kappa shape index (κ3) is 4.14. The summed E-state index contributed by atoms with van der Waals surface area (Å²) in [5.41, 5.74) is 1.72. The van der Waals surface area contributed by atoms with Crippen LogP contribution in [0.3, 0.4) is 0 Å². The number of likely N-dealkylation sites (tertiary alicyclic amines) is 1. The van der Waals surface area contributed by atoms with Gasteiger partial charge in [0.2, 0.25) is 0 Å². The van der Waals surface area contributed by atoms with Gasteiger partial charge in [-0.15, -0.1) is 0 Å². The van der Waals surface area contributed by atoms with Gasteiger partial charge in [-0.2, -0.15) is 0 Å². The fraction of sp³-hybridized carbons (Fsp3) is 0.231. The van der Waals surface area contributed by atoms with E-state index in [4.69, 9.17) is 9.15 Å². The molecule has 3 aromatic rings. The molecule has 6 nitrogen and oxygen atoms in total. The Morgan fingerprint density at radius 1 is 1.15 bits per heavy atom. The molecular formula is C26H24FNO5. The lowest BCUT2D eigenvalue weighted by molar-refractivity contribution is -0.140. The van der Waals surface area contributed by atoms with Crippen LogP contribution in [0.4, 0.5) is 4.39 Å². The molecule has 170 valence electrons. The summed E-state index contributed by atoms with van der Waals surface area (Å²) in [6.07, 6.45) is 1.48. The lowest BCUT2D eigenvalue weighted by Crippen LogP contribution is -2.29. The average Bonchev–Trinajstić information content (AvgIpc) is 3.41. The third-order valence-electron chi connectivity index (χ3n) is 5.79. The number of halogens is 1. The van der Waals surface area contributed by atoms with E-state index in [9.17, 15) is 19.1 Å². The molecule has 1 amide bonds. The highest BCUT2D eigenvalue weighted by Crippen LogP contribution is 2.41. The summed E-state index contributed by atoms with van der Waals surface area (Å²) in [6, 6.07) is 13.9. The SMILES string of the molecule is COc1ccc(C(O)=C2C(=O)C(=O)N(Cc3ccco3)[C@H]2c2ccc(C(C)C)cc2)cc1F. The molecular weight excluding hydrogens is 425 g/mol. The van der Waals surface area contributed by atoms with Crippen LogP contribution in [0.5, 0.6) is 5.75 Å². The number of amides is 1. The highest BCUT2D eigenvalue weighted by molar-refractivity contribution is 6.46. The van der Waals surface area contributed by atoms with Crippen LogP contribution < -0.4 is 4.74 Å². The van der Waals surface area contributed by atoms with E-state index in [1.165, 1.54) is 30.4 Å². The van der Waals surface area contributed by atoms with E-state index in [0.29, 0.717) is 17.2 Å². The van der Waals surface area contributed by atoms with Gasteiger partial charge in [-0.25, -0.2) is 4.39 Å². The van der Waals surface area contributed by atoms with E-state index in [0.717, 1.165) is 11.6 Å². The molecule has 1 aliphatic heterocycles. The maximum atomic E-state index is 14.3. The number of aliphatic hydroxyl groups is 1. The van der Waals surface area contributed by atoms with Crippen molar-refractivity contribution < 1.29 is 28.2 Å². The molecule has 1 aromatic heterocycles. The summed E-state index contributed by atoms with van der Waals surface area (Å²) in [5, 5.41) is 11.1. The fourth-order valence-corrected chi connectivity index (χ4v) is 3.99. The number of ketones is 1. The Kier molecular flexibility index (Phi) is 6.05. The largest absolute Gasteiger partial charge is 0.507 e. The third-order valence-corrected chi connectivity index (χ3v) is 5.79. The van der Waals surface area contributed by atoms with Gasteiger partial charge in [0.1, 0.15) is 11.5 Å². The molecule has 0 saturated carbocycles. The zero-order valence-corrected chi connectivity index (χ0v) is 18.5. The van der Waals surface area contributed by atoms with Crippen molar-refractivity contribution in [3.8, 4) is 5.75 Å². The molecule has 1 fully saturated rings. The van der Waals surface area contributed by atoms with Gasteiger partial charge in [-0.3, -0.25) is 9.59 Å². The van der Waals surface area contributed by atoms with Gasteiger partial charge in [0.25, 0.3) is 11.7 Å².